The number of hydrogen-bond donors (Lipinski definition) is 2. The number of amides is 1. The summed E-state index contributed by atoms with van der Waals surface area (Å²) in [5, 5.41) is 12.6. The Balaban J connectivity index is 2.97. The number of nitrogens with one attached hydrogen (secondary N) is 1. The van der Waals surface area contributed by atoms with E-state index in [1.54, 1.807) is 24.3 Å². The van der Waals surface area contributed by atoms with Crippen LogP contribution < -0.4 is 15.9 Å². The molecule has 0 heterocycles. The number of carbonyl (C=O) groups excluding carboxylic acids is 1. The molecule has 3 N–H and O–H groups in total. The van der Waals surface area contributed by atoms with E-state index in [9.17, 15) is 4.79 Å². The average Bonchev–Trinajstić information content (AvgIpc) is 2.31. The fourth-order valence-electron chi connectivity index (χ4n) is 1.01. The van der Waals surface area contributed by atoms with Gasteiger partial charge in [-0.15, -0.1) is 0 Å². The lowest BCUT2D eigenvalue weighted by Gasteiger charge is -2.07. The van der Waals surface area contributed by atoms with Gasteiger partial charge in [-0.25, -0.2) is 0 Å². The van der Waals surface area contributed by atoms with Crippen LogP contribution in [0.25, 0.3) is 0 Å². The van der Waals surface area contributed by atoms with E-state index < -0.39 is 11.6 Å². The van der Waals surface area contributed by atoms with Gasteiger partial charge in [-0.1, -0.05) is 11.6 Å². The van der Waals surface area contributed by atoms with E-state index in [1.807, 2.05) is 0 Å². The van der Waals surface area contributed by atoms with Crippen molar-refractivity contribution in [2.75, 3.05) is 12.5 Å². The summed E-state index contributed by atoms with van der Waals surface area (Å²) in [7, 11) is 1.46. The monoisotopic (exact) mass is 252 g/mol. The van der Waals surface area contributed by atoms with Crippen molar-refractivity contribution in [3.8, 4) is 11.8 Å². The Kier molecular flexibility index (Phi) is 4.31. The van der Waals surface area contributed by atoms with Gasteiger partial charge in [0.15, 0.2) is 0 Å². The smallest absolute Gasteiger partial charge is 0.280 e. The first-order valence-electron chi connectivity index (χ1n) is 4.45. The molecule has 0 spiro atoms. The molecule has 0 aliphatic rings. The van der Waals surface area contributed by atoms with Crippen molar-refractivity contribution in [1.29, 1.82) is 5.26 Å². The molecule has 7 heteroatoms. The third-order valence-corrected chi connectivity index (χ3v) is 2.03. The molecule has 0 saturated carbocycles. The summed E-state index contributed by atoms with van der Waals surface area (Å²) < 4.78 is 5.04. The molecule has 0 aromatic heterocycles. The van der Waals surface area contributed by atoms with Gasteiger partial charge in [0.2, 0.25) is 5.71 Å². The summed E-state index contributed by atoms with van der Waals surface area (Å²) in [5.41, 5.74) is 7.46. The second-order valence-electron chi connectivity index (χ2n) is 2.89. The van der Waals surface area contributed by atoms with Crippen molar-refractivity contribution >= 4 is 28.9 Å². The van der Waals surface area contributed by atoms with Crippen molar-refractivity contribution in [3.05, 3.63) is 23.2 Å². The van der Waals surface area contributed by atoms with E-state index >= 15 is 0 Å². The number of anilines is 1. The standard InChI is InChI=1S/C10H9ClN4O2/c1-17-9-4-6(11)2-3-7(9)14-15-8(5-12)10(13)16/h2-4,14H,1H3,(H2,13,16)/b15-8+. The van der Waals surface area contributed by atoms with E-state index in [2.05, 4.69) is 10.5 Å². The van der Waals surface area contributed by atoms with E-state index in [1.165, 1.54) is 7.11 Å². The molecule has 0 aliphatic heterocycles. The zero-order valence-electron chi connectivity index (χ0n) is 8.90. The first kappa shape index (κ1) is 12.8. The lowest BCUT2D eigenvalue weighted by atomic mass is 10.3. The molecule has 1 amide bonds. The van der Waals surface area contributed by atoms with Crippen molar-refractivity contribution in [3.63, 3.8) is 0 Å². The third kappa shape index (κ3) is 3.36. The number of benzene rings is 1. The molecular formula is C10H9ClN4O2. The molecule has 0 unspecified atom stereocenters. The van der Waals surface area contributed by atoms with Crippen LogP contribution in [-0.2, 0) is 4.79 Å². The predicted octanol–water partition coefficient (Wildman–Crippen LogP) is 1.13. The number of nitrogens with zero attached hydrogens (tertiary/aromatic N) is 2. The Bertz CT molecular complexity index is 508. The fraction of sp³-hybridized carbons (Fsp3) is 0.100. The molecule has 0 saturated heterocycles. The molecule has 0 bridgehead atoms. The SMILES string of the molecule is COc1cc(Cl)ccc1N/N=C(\C#N)C(N)=O. The van der Waals surface area contributed by atoms with E-state index in [0.717, 1.165) is 0 Å². The lowest BCUT2D eigenvalue weighted by Crippen LogP contribution is -2.22. The maximum atomic E-state index is 10.7. The van der Waals surface area contributed by atoms with E-state index in [-0.39, 0.29) is 0 Å². The Hall–Kier alpha value is -2.26. The van der Waals surface area contributed by atoms with Crippen LogP contribution in [0.4, 0.5) is 5.69 Å². The number of methoxy groups -OCH3 is 1. The molecule has 6 nitrogen and oxygen atoms in total. The second kappa shape index (κ2) is 5.72. The Labute approximate surface area is 103 Å². The molecule has 1 aromatic carbocycles. The van der Waals surface area contributed by atoms with Crippen LogP contribution in [0.3, 0.4) is 0 Å². The van der Waals surface area contributed by atoms with Crippen LogP contribution >= 0.6 is 11.6 Å². The molecule has 0 aliphatic carbocycles. The number of primary amides is 1. The van der Waals surface area contributed by atoms with Crippen molar-refractivity contribution in [2.24, 2.45) is 10.8 Å². The van der Waals surface area contributed by atoms with Crippen LogP contribution in [0.15, 0.2) is 23.3 Å². The Morgan fingerprint density at radius 2 is 2.35 bits per heavy atom. The molecule has 0 fully saturated rings. The van der Waals surface area contributed by atoms with Gasteiger partial charge in [-0.3, -0.25) is 10.2 Å². The number of nitrogens with two attached hydrogens (primary N) is 1. The average molecular weight is 253 g/mol. The summed E-state index contributed by atoms with van der Waals surface area (Å²) in [4.78, 5) is 10.7. The van der Waals surface area contributed by atoms with Crippen LogP contribution in [0.2, 0.25) is 5.02 Å². The van der Waals surface area contributed by atoms with Gasteiger partial charge in [0.05, 0.1) is 12.8 Å². The number of hydrazone groups is 1. The highest BCUT2D eigenvalue weighted by Gasteiger charge is 2.07. The van der Waals surface area contributed by atoms with Gasteiger partial charge in [0, 0.05) is 11.1 Å². The topological polar surface area (TPSA) is 100 Å². The van der Waals surface area contributed by atoms with E-state index in [4.69, 9.17) is 27.3 Å². The maximum Gasteiger partial charge on any atom is 0.280 e. The fourth-order valence-corrected chi connectivity index (χ4v) is 1.17. The van der Waals surface area contributed by atoms with Gasteiger partial charge < -0.3 is 10.5 Å². The molecule has 1 rings (SSSR count). The molecule has 1 aromatic rings. The summed E-state index contributed by atoms with van der Waals surface area (Å²) in [6.07, 6.45) is 0. The van der Waals surface area contributed by atoms with Crippen molar-refractivity contribution in [2.45, 2.75) is 0 Å². The van der Waals surface area contributed by atoms with Gasteiger partial charge in [0.1, 0.15) is 11.8 Å². The molecular weight excluding hydrogens is 244 g/mol. The third-order valence-electron chi connectivity index (χ3n) is 1.79. The summed E-state index contributed by atoms with van der Waals surface area (Å²) >= 11 is 5.77. The summed E-state index contributed by atoms with van der Waals surface area (Å²) in [5.74, 6) is -0.476. The zero-order chi connectivity index (χ0) is 12.8. The largest absolute Gasteiger partial charge is 0.494 e. The highest BCUT2D eigenvalue weighted by molar-refractivity contribution is 6.44. The summed E-state index contributed by atoms with van der Waals surface area (Å²) in [6, 6.07) is 6.34. The number of nitriles is 1. The number of carbonyl (C=O) groups is 1. The molecule has 0 atom stereocenters. The van der Waals surface area contributed by atoms with Gasteiger partial charge >= 0.3 is 0 Å². The Morgan fingerprint density at radius 1 is 1.65 bits per heavy atom. The normalized spacial score (nSPS) is 10.5. The Morgan fingerprint density at radius 3 is 2.88 bits per heavy atom. The minimum Gasteiger partial charge on any atom is -0.494 e. The molecule has 0 radical (unpaired) electrons. The number of halogens is 1. The highest BCUT2D eigenvalue weighted by Crippen LogP contribution is 2.27. The molecule has 17 heavy (non-hydrogen) atoms. The van der Waals surface area contributed by atoms with Crippen LogP contribution in [0.5, 0.6) is 5.75 Å². The number of ether oxygens (including phenoxy) is 1. The van der Waals surface area contributed by atoms with Gasteiger partial charge in [-0.05, 0) is 12.1 Å². The predicted molar refractivity (Wildman–Crippen MR) is 63.9 cm³/mol. The minimum absolute atomic E-state index is 0.429. The van der Waals surface area contributed by atoms with Crippen LogP contribution in [-0.4, -0.2) is 18.7 Å². The molecule has 88 valence electrons. The first-order valence-corrected chi connectivity index (χ1v) is 4.83. The van der Waals surface area contributed by atoms with Gasteiger partial charge in [-0.2, -0.15) is 10.4 Å². The van der Waals surface area contributed by atoms with Crippen LogP contribution in [0, 0.1) is 11.3 Å². The second-order valence-corrected chi connectivity index (χ2v) is 3.33. The number of hydrogen-bond acceptors (Lipinski definition) is 5. The zero-order valence-corrected chi connectivity index (χ0v) is 9.65. The lowest BCUT2D eigenvalue weighted by molar-refractivity contribution is -0.111. The number of rotatable bonds is 4. The maximum absolute atomic E-state index is 10.7. The first-order chi connectivity index (χ1) is 8.08. The quantitative estimate of drug-likeness (QED) is 0.619. The highest BCUT2D eigenvalue weighted by atomic mass is 35.5. The minimum atomic E-state index is -0.909. The summed E-state index contributed by atoms with van der Waals surface area (Å²) in [6.45, 7) is 0. The van der Waals surface area contributed by atoms with Gasteiger partial charge in [0.25, 0.3) is 5.91 Å². The van der Waals surface area contributed by atoms with Crippen molar-refractivity contribution < 1.29 is 9.53 Å². The van der Waals surface area contributed by atoms with E-state index in [0.29, 0.717) is 16.5 Å². The van der Waals surface area contributed by atoms with Crippen LogP contribution in [0.1, 0.15) is 0 Å². The van der Waals surface area contributed by atoms with Crippen molar-refractivity contribution in [1.82, 2.24) is 0 Å².